The second kappa shape index (κ2) is 16.2. The normalized spacial score (nSPS) is 18.4. The zero-order chi connectivity index (χ0) is 29.2. The van der Waals surface area contributed by atoms with Crippen LogP contribution in [0.15, 0.2) is 30.3 Å². The van der Waals surface area contributed by atoms with Crippen LogP contribution in [0.1, 0.15) is 100 Å². The highest BCUT2D eigenvalue weighted by molar-refractivity contribution is 7.97. The van der Waals surface area contributed by atoms with Gasteiger partial charge < -0.3 is 4.74 Å². The Hall–Kier alpha value is -1.31. The number of halogens is 3. The maximum absolute atomic E-state index is 14.9. The molecule has 2 aromatic rings. The number of carbonyl (C=O) groups is 1. The summed E-state index contributed by atoms with van der Waals surface area (Å²) >= 11 is 13.5. The highest BCUT2D eigenvalue weighted by Gasteiger charge is 2.37. The first-order valence-corrected chi connectivity index (χ1v) is 16.0. The molecule has 1 saturated heterocycles. The largest absolute Gasteiger partial charge is 0.375 e. The molecular weight excluding hydrogens is 554 g/mol. The molecule has 0 aromatic heterocycles. The minimum absolute atomic E-state index is 0.0200. The summed E-state index contributed by atoms with van der Waals surface area (Å²) in [5, 5.41) is 1.22. The van der Waals surface area contributed by atoms with Crippen LogP contribution in [0.5, 0.6) is 0 Å². The van der Waals surface area contributed by atoms with Gasteiger partial charge in [-0.15, -0.1) is 0 Å². The number of hydrogen-bond donors (Lipinski definition) is 1. The molecule has 39 heavy (non-hydrogen) atoms. The van der Waals surface area contributed by atoms with Crippen LogP contribution in [-0.2, 0) is 17.7 Å². The Bertz CT molecular complexity index is 1060. The molecule has 1 aliphatic carbocycles. The number of amides is 1. The lowest BCUT2D eigenvalue weighted by molar-refractivity contribution is -0.101. The Morgan fingerprint density at radius 3 is 2.26 bits per heavy atom. The van der Waals surface area contributed by atoms with E-state index in [0.717, 1.165) is 29.5 Å². The number of carbonyl (C=O) groups excluding carboxylic acids is 1. The number of rotatable bonds is 8. The van der Waals surface area contributed by atoms with Crippen molar-refractivity contribution in [3.63, 3.8) is 0 Å². The summed E-state index contributed by atoms with van der Waals surface area (Å²) < 4.78 is 23.7. The molecule has 0 radical (unpaired) electrons. The minimum Gasteiger partial charge on any atom is -0.375 e. The molecule has 1 N–H and O–H groups in total. The van der Waals surface area contributed by atoms with Crippen molar-refractivity contribution in [2.75, 3.05) is 19.4 Å². The lowest BCUT2D eigenvalue weighted by Crippen LogP contribution is -2.56. The second-order valence-corrected chi connectivity index (χ2v) is 12.0. The summed E-state index contributed by atoms with van der Waals surface area (Å²) in [5.74, 6) is -0.465. The van der Waals surface area contributed by atoms with Crippen molar-refractivity contribution in [2.24, 2.45) is 0 Å². The zero-order valence-electron chi connectivity index (χ0n) is 24.5. The molecule has 1 atom stereocenters. The molecule has 1 amide bonds. The smallest absolute Gasteiger partial charge is 0.264 e. The van der Waals surface area contributed by atoms with Crippen molar-refractivity contribution in [1.29, 1.82) is 0 Å². The summed E-state index contributed by atoms with van der Waals surface area (Å²) in [5.41, 5.74) is 2.99. The van der Waals surface area contributed by atoms with E-state index in [-0.39, 0.29) is 23.1 Å². The summed E-state index contributed by atoms with van der Waals surface area (Å²) in [6.07, 6.45) is 7.22. The van der Waals surface area contributed by atoms with Gasteiger partial charge >= 0.3 is 0 Å². The number of unbranched alkanes of at least 4 members (excludes halogenated alkanes) is 1. The number of nitrogens with one attached hydrogen (secondary N) is 1. The SMILES string of the molecule is CC.CCCC.CSNC(=O)c1cc(C2CC2)c(CN2CC(Cc3cc(Cl)cc(Cl)c3)OCC2(C)C)cc1F. The van der Waals surface area contributed by atoms with Crippen molar-refractivity contribution in [3.8, 4) is 0 Å². The Balaban J connectivity index is 0.000000815. The standard InChI is InChI=1S/C25H29Cl2FN2O2S.C4H10.C2H6/c1-25(2)14-32-20(8-15-6-18(26)10-19(27)7-15)13-30(25)12-17-9-23(28)22(24(31)29-33-3)11-21(17)16-4-5-16;1-3-4-2;1-2/h6-7,9-11,16,20H,4-5,8,12-14H2,1-3H3,(H,29,31);3-4H2,1-2H3;1-2H3. The van der Waals surface area contributed by atoms with Gasteiger partial charge in [0.1, 0.15) is 5.82 Å². The first-order valence-electron chi connectivity index (χ1n) is 14.0. The van der Waals surface area contributed by atoms with E-state index in [4.69, 9.17) is 27.9 Å². The minimum atomic E-state index is -0.475. The molecule has 8 heteroatoms. The van der Waals surface area contributed by atoms with Crippen LogP contribution in [0.2, 0.25) is 10.0 Å². The monoisotopic (exact) mass is 598 g/mol. The van der Waals surface area contributed by atoms with Gasteiger partial charge in [-0.3, -0.25) is 14.4 Å². The van der Waals surface area contributed by atoms with E-state index in [1.54, 1.807) is 24.5 Å². The van der Waals surface area contributed by atoms with E-state index >= 15 is 0 Å². The number of benzene rings is 2. The molecule has 0 spiro atoms. The quantitative estimate of drug-likeness (QED) is 0.308. The molecule has 4 rings (SSSR count). The van der Waals surface area contributed by atoms with E-state index in [0.29, 0.717) is 42.1 Å². The lowest BCUT2D eigenvalue weighted by atomic mass is 9.94. The summed E-state index contributed by atoms with van der Waals surface area (Å²) in [7, 11) is 0. The molecule has 2 fully saturated rings. The fraction of sp³-hybridized carbons (Fsp3) is 0.581. The predicted octanol–water partition coefficient (Wildman–Crippen LogP) is 9.07. The molecule has 1 aliphatic heterocycles. The van der Waals surface area contributed by atoms with E-state index in [1.807, 2.05) is 26.0 Å². The summed E-state index contributed by atoms with van der Waals surface area (Å²) in [6, 6.07) is 8.87. The number of hydrogen-bond acceptors (Lipinski definition) is 4. The van der Waals surface area contributed by atoms with Gasteiger partial charge in [0.15, 0.2) is 0 Å². The van der Waals surface area contributed by atoms with Crippen molar-refractivity contribution < 1.29 is 13.9 Å². The van der Waals surface area contributed by atoms with Gasteiger partial charge in [0.2, 0.25) is 0 Å². The maximum atomic E-state index is 14.9. The van der Waals surface area contributed by atoms with Gasteiger partial charge in [0.05, 0.1) is 18.3 Å². The molecule has 1 heterocycles. The van der Waals surface area contributed by atoms with Crippen LogP contribution in [0, 0.1) is 5.82 Å². The van der Waals surface area contributed by atoms with E-state index in [9.17, 15) is 9.18 Å². The molecular formula is C31H45Cl2FN2O2S. The van der Waals surface area contributed by atoms with Crippen LogP contribution < -0.4 is 4.72 Å². The van der Waals surface area contributed by atoms with Crippen LogP contribution in [0.4, 0.5) is 4.39 Å². The average Bonchev–Trinajstić information content (AvgIpc) is 3.73. The van der Waals surface area contributed by atoms with E-state index in [2.05, 4.69) is 37.3 Å². The molecule has 4 nitrogen and oxygen atoms in total. The Morgan fingerprint density at radius 1 is 1.10 bits per heavy atom. The molecule has 1 unspecified atom stereocenters. The molecule has 2 aromatic carbocycles. The van der Waals surface area contributed by atoms with Crippen molar-refractivity contribution in [2.45, 2.75) is 97.8 Å². The lowest BCUT2D eigenvalue weighted by Gasteiger charge is -2.45. The van der Waals surface area contributed by atoms with Crippen LogP contribution in [0.25, 0.3) is 0 Å². The van der Waals surface area contributed by atoms with Gasteiger partial charge in [-0.05, 0) is 86.1 Å². The van der Waals surface area contributed by atoms with E-state index < -0.39 is 5.82 Å². The molecule has 2 aliphatic rings. The highest BCUT2D eigenvalue weighted by atomic mass is 35.5. The number of nitrogens with zero attached hydrogens (tertiary/aromatic N) is 1. The van der Waals surface area contributed by atoms with Crippen molar-refractivity contribution >= 4 is 41.1 Å². The van der Waals surface area contributed by atoms with Crippen LogP contribution >= 0.6 is 35.1 Å². The third-order valence-corrected chi connectivity index (χ3v) is 7.71. The van der Waals surface area contributed by atoms with Gasteiger partial charge in [0, 0.05) is 34.9 Å². The maximum Gasteiger partial charge on any atom is 0.264 e. The first kappa shape index (κ1) is 33.9. The van der Waals surface area contributed by atoms with Gasteiger partial charge in [0.25, 0.3) is 5.91 Å². The highest BCUT2D eigenvalue weighted by Crippen LogP contribution is 2.43. The Labute approximate surface area is 249 Å². The first-order chi connectivity index (χ1) is 18.6. The topological polar surface area (TPSA) is 41.6 Å². The summed E-state index contributed by atoms with van der Waals surface area (Å²) in [4.78, 5) is 14.7. The fourth-order valence-electron chi connectivity index (χ4n) is 4.42. The van der Waals surface area contributed by atoms with E-state index in [1.165, 1.54) is 24.8 Å². The third kappa shape index (κ3) is 10.2. The van der Waals surface area contributed by atoms with Crippen LogP contribution in [0.3, 0.4) is 0 Å². The number of ether oxygens (including phenoxy) is 1. The fourth-order valence-corrected chi connectivity index (χ4v) is 5.29. The van der Waals surface area contributed by atoms with Gasteiger partial charge in [-0.25, -0.2) is 4.39 Å². The number of morpholine rings is 1. The second-order valence-electron chi connectivity index (χ2n) is 10.5. The van der Waals surface area contributed by atoms with Crippen molar-refractivity contribution in [3.05, 3.63) is 68.4 Å². The third-order valence-electron chi connectivity index (χ3n) is 6.88. The summed E-state index contributed by atoms with van der Waals surface area (Å²) in [6.45, 7) is 14.5. The van der Waals surface area contributed by atoms with Crippen LogP contribution in [-0.4, -0.2) is 41.9 Å². The van der Waals surface area contributed by atoms with Gasteiger partial charge in [-0.1, -0.05) is 75.7 Å². The Kier molecular flexibility index (Phi) is 14.1. The van der Waals surface area contributed by atoms with Crippen molar-refractivity contribution in [1.82, 2.24) is 9.62 Å². The molecule has 218 valence electrons. The predicted molar refractivity (Wildman–Crippen MR) is 166 cm³/mol. The molecule has 1 saturated carbocycles. The Morgan fingerprint density at radius 2 is 1.72 bits per heavy atom. The molecule has 0 bridgehead atoms. The zero-order valence-corrected chi connectivity index (χ0v) is 26.8. The average molecular weight is 600 g/mol. The van der Waals surface area contributed by atoms with Gasteiger partial charge in [-0.2, -0.15) is 0 Å².